The van der Waals surface area contributed by atoms with E-state index in [0.29, 0.717) is 4.75 Å². The Labute approximate surface area is 60.0 Å². The fourth-order valence-electron chi connectivity index (χ4n) is 1.24. The Morgan fingerprint density at radius 3 is 3.00 bits per heavy atom. The van der Waals surface area contributed by atoms with Gasteiger partial charge in [0.15, 0.2) is 0 Å². The molecule has 0 spiro atoms. The van der Waals surface area contributed by atoms with Gasteiger partial charge < -0.3 is 0 Å². The molecule has 2 rings (SSSR count). The summed E-state index contributed by atoms with van der Waals surface area (Å²) in [5, 5.41) is 0.794. The van der Waals surface area contributed by atoms with Gasteiger partial charge in [0.05, 0.1) is 4.75 Å². The first-order chi connectivity index (χ1) is 4.23. The molecule has 2 aliphatic rings. The summed E-state index contributed by atoms with van der Waals surface area (Å²) in [6.07, 6.45) is 6.68. The van der Waals surface area contributed by atoms with E-state index < -0.39 is 0 Å². The number of thioether (sulfide) groups is 1. The molecule has 0 nitrogen and oxygen atoms in total. The van der Waals surface area contributed by atoms with Crippen LogP contribution in [0.2, 0.25) is 0 Å². The standard InChI is InChI=1S/C8H10S/c1-6-4-3-5-7-8(6,2)9-7/h3-5,7H,1-2H3. The third-order valence-electron chi connectivity index (χ3n) is 2.27. The summed E-state index contributed by atoms with van der Waals surface area (Å²) in [5.41, 5.74) is 1.53. The van der Waals surface area contributed by atoms with E-state index in [9.17, 15) is 0 Å². The summed E-state index contributed by atoms with van der Waals surface area (Å²) in [4.78, 5) is 0. The maximum absolute atomic E-state index is 2.32. The first kappa shape index (κ1) is 5.60. The van der Waals surface area contributed by atoms with Crippen LogP contribution in [0.4, 0.5) is 0 Å². The van der Waals surface area contributed by atoms with E-state index in [1.54, 1.807) is 0 Å². The van der Waals surface area contributed by atoms with E-state index in [-0.39, 0.29) is 0 Å². The molecule has 1 heteroatoms. The zero-order chi connectivity index (χ0) is 6.48. The number of fused-ring (bicyclic) bond motifs is 1. The van der Waals surface area contributed by atoms with Crippen molar-refractivity contribution in [3.05, 3.63) is 23.8 Å². The van der Waals surface area contributed by atoms with Crippen LogP contribution in [0.1, 0.15) is 13.8 Å². The van der Waals surface area contributed by atoms with Gasteiger partial charge in [0.1, 0.15) is 0 Å². The van der Waals surface area contributed by atoms with Gasteiger partial charge in [0.2, 0.25) is 0 Å². The van der Waals surface area contributed by atoms with Crippen LogP contribution < -0.4 is 0 Å². The Hall–Kier alpha value is -0.170. The van der Waals surface area contributed by atoms with Gasteiger partial charge in [-0.3, -0.25) is 0 Å². The quantitative estimate of drug-likeness (QED) is 0.463. The lowest BCUT2D eigenvalue weighted by atomic mass is 9.95. The molecule has 0 radical (unpaired) electrons. The monoisotopic (exact) mass is 138 g/mol. The van der Waals surface area contributed by atoms with Gasteiger partial charge >= 0.3 is 0 Å². The molecule has 1 aliphatic heterocycles. The number of rotatable bonds is 0. The lowest BCUT2D eigenvalue weighted by molar-refractivity contribution is 0.856. The zero-order valence-electron chi connectivity index (χ0n) is 5.72. The van der Waals surface area contributed by atoms with Crippen LogP contribution in [0, 0.1) is 0 Å². The summed E-state index contributed by atoms with van der Waals surface area (Å²) in [7, 11) is 0. The van der Waals surface area contributed by atoms with Crippen molar-refractivity contribution >= 4 is 11.8 Å². The fourth-order valence-corrected chi connectivity index (χ4v) is 2.38. The summed E-state index contributed by atoms with van der Waals surface area (Å²) in [6, 6.07) is 0. The third-order valence-corrected chi connectivity index (χ3v) is 3.97. The minimum atomic E-state index is 0.495. The first-order valence-corrected chi connectivity index (χ1v) is 4.15. The van der Waals surface area contributed by atoms with Crippen LogP contribution in [0.5, 0.6) is 0 Å². The Balaban J connectivity index is 2.38. The molecule has 0 aromatic carbocycles. The highest BCUT2D eigenvalue weighted by Gasteiger charge is 2.51. The van der Waals surface area contributed by atoms with E-state index in [0.717, 1.165) is 5.25 Å². The largest absolute Gasteiger partial charge is 0.140 e. The predicted octanol–water partition coefficient (Wildman–Crippen LogP) is 2.38. The highest BCUT2D eigenvalue weighted by atomic mass is 32.2. The van der Waals surface area contributed by atoms with Crippen LogP contribution in [0.25, 0.3) is 0 Å². The van der Waals surface area contributed by atoms with Crippen LogP contribution in [-0.4, -0.2) is 10.00 Å². The molecule has 0 aromatic heterocycles. The highest BCUT2D eigenvalue weighted by molar-refractivity contribution is 8.09. The minimum absolute atomic E-state index is 0.495. The predicted molar refractivity (Wildman–Crippen MR) is 42.7 cm³/mol. The van der Waals surface area contributed by atoms with Crippen molar-refractivity contribution in [1.29, 1.82) is 0 Å². The first-order valence-electron chi connectivity index (χ1n) is 3.27. The van der Waals surface area contributed by atoms with Crippen molar-refractivity contribution in [2.75, 3.05) is 0 Å². The molecular formula is C8H10S. The van der Waals surface area contributed by atoms with Gasteiger partial charge in [-0.1, -0.05) is 23.8 Å². The number of allylic oxidation sites excluding steroid dienone is 2. The summed E-state index contributed by atoms with van der Waals surface area (Å²) in [5.74, 6) is 0. The topological polar surface area (TPSA) is 0 Å². The summed E-state index contributed by atoms with van der Waals surface area (Å²) in [6.45, 7) is 4.54. The summed E-state index contributed by atoms with van der Waals surface area (Å²) < 4.78 is 0.495. The molecule has 9 heavy (non-hydrogen) atoms. The van der Waals surface area contributed by atoms with Crippen LogP contribution in [0.15, 0.2) is 23.8 Å². The molecule has 0 amide bonds. The molecule has 2 atom stereocenters. The maximum Gasteiger partial charge on any atom is 0.0500 e. The van der Waals surface area contributed by atoms with E-state index >= 15 is 0 Å². The Kier molecular flexibility index (Phi) is 0.907. The van der Waals surface area contributed by atoms with Crippen LogP contribution in [-0.2, 0) is 0 Å². The van der Waals surface area contributed by atoms with Gasteiger partial charge in [-0.15, -0.1) is 11.8 Å². The van der Waals surface area contributed by atoms with Gasteiger partial charge in [-0.25, -0.2) is 0 Å². The van der Waals surface area contributed by atoms with Crippen molar-refractivity contribution in [2.24, 2.45) is 0 Å². The average Bonchev–Trinajstić information content (AvgIpc) is 2.44. The van der Waals surface area contributed by atoms with Crippen molar-refractivity contribution < 1.29 is 0 Å². The van der Waals surface area contributed by atoms with Crippen molar-refractivity contribution in [3.8, 4) is 0 Å². The zero-order valence-corrected chi connectivity index (χ0v) is 6.53. The van der Waals surface area contributed by atoms with E-state index in [1.807, 2.05) is 0 Å². The second-order valence-electron chi connectivity index (χ2n) is 2.88. The molecular weight excluding hydrogens is 128 g/mol. The van der Waals surface area contributed by atoms with Crippen LogP contribution >= 0.6 is 11.8 Å². The Bertz CT molecular complexity index is 203. The van der Waals surface area contributed by atoms with Gasteiger partial charge in [0.25, 0.3) is 0 Å². The van der Waals surface area contributed by atoms with E-state index in [2.05, 4.69) is 43.8 Å². The maximum atomic E-state index is 2.32. The second kappa shape index (κ2) is 1.46. The van der Waals surface area contributed by atoms with Crippen LogP contribution in [0.3, 0.4) is 0 Å². The normalized spacial score (nSPS) is 46.0. The van der Waals surface area contributed by atoms with E-state index in [1.165, 1.54) is 5.57 Å². The van der Waals surface area contributed by atoms with E-state index in [4.69, 9.17) is 0 Å². The van der Waals surface area contributed by atoms with Gasteiger partial charge in [-0.05, 0) is 13.8 Å². The van der Waals surface area contributed by atoms with Gasteiger partial charge in [0, 0.05) is 5.25 Å². The van der Waals surface area contributed by atoms with Crippen molar-refractivity contribution in [3.63, 3.8) is 0 Å². The minimum Gasteiger partial charge on any atom is -0.140 e. The molecule has 0 saturated carbocycles. The lowest BCUT2D eigenvalue weighted by Gasteiger charge is -2.09. The molecule has 1 aliphatic carbocycles. The molecule has 0 N–H and O–H groups in total. The number of hydrogen-bond acceptors (Lipinski definition) is 1. The molecule has 48 valence electrons. The summed E-state index contributed by atoms with van der Waals surface area (Å²) >= 11 is 2.05. The third kappa shape index (κ3) is 0.613. The average molecular weight is 138 g/mol. The fraction of sp³-hybridized carbons (Fsp3) is 0.500. The molecule has 1 fully saturated rings. The lowest BCUT2D eigenvalue weighted by Crippen LogP contribution is -2.11. The van der Waals surface area contributed by atoms with Crippen molar-refractivity contribution in [2.45, 2.75) is 23.8 Å². The second-order valence-corrected chi connectivity index (χ2v) is 4.47. The van der Waals surface area contributed by atoms with Gasteiger partial charge in [-0.2, -0.15) is 0 Å². The molecule has 0 aromatic rings. The SMILES string of the molecule is CC1=CC=CC2SC12C. The number of hydrogen-bond donors (Lipinski definition) is 0. The highest BCUT2D eigenvalue weighted by Crippen LogP contribution is 2.59. The smallest absolute Gasteiger partial charge is 0.0500 e. The Morgan fingerprint density at radius 2 is 2.44 bits per heavy atom. The molecule has 1 saturated heterocycles. The Morgan fingerprint density at radius 1 is 1.67 bits per heavy atom. The molecule has 2 unspecified atom stereocenters. The van der Waals surface area contributed by atoms with Crippen molar-refractivity contribution in [1.82, 2.24) is 0 Å². The molecule has 0 bridgehead atoms. The molecule has 1 heterocycles.